The molecular formula is C14H20Cl2F3N3O2S. The first-order valence-electron chi connectivity index (χ1n) is 7.38. The van der Waals surface area contributed by atoms with Gasteiger partial charge in [0.05, 0.1) is 4.90 Å². The lowest BCUT2D eigenvalue weighted by atomic mass is 10.2. The van der Waals surface area contributed by atoms with Gasteiger partial charge in [0.2, 0.25) is 10.0 Å². The number of alkyl halides is 3. The summed E-state index contributed by atoms with van der Waals surface area (Å²) in [6.45, 7) is 2.11. The van der Waals surface area contributed by atoms with Crippen LogP contribution in [0.4, 0.5) is 13.2 Å². The summed E-state index contributed by atoms with van der Waals surface area (Å²) in [5.74, 6) is 0. The minimum absolute atomic E-state index is 0. The van der Waals surface area contributed by atoms with E-state index in [1.165, 1.54) is 23.1 Å². The number of nitrogens with zero attached hydrogens (tertiary/aromatic N) is 1. The fourth-order valence-corrected chi connectivity index (χ4v) is 4.12. The first-order chi connectivity index (χ1) is 11.1. The van der Waals surface area contributed by atoms with Gasteiger partial charge in [0.25, 0.3) is 0 Å². The summed E-state index contributed by atoms with van der Waals surface area (Å²) in [4.78, 5) is 1.13. The monoisotopic (exact) mass is 421 g/mol. The molecule has 1 aromatic rings. The van der Waals surface area contributed by atoms with Gasteiger partial charge < -0.3 is 5.32 Å². The van der Waals surface area contributed by atoms with Crippen LogP contribution >= 0.6 is 24.0 Å². The molecule has 0 amide bonds. The van der Waals surface area contributed by atoms with Gasteiger partial charge in [0, 0.05) is 37.7 Å². The molecule has 144 valence electrons. The van der Waals surface area contributed by atoms with E-state index in [2.05, 4.69) is 10.0 Å². The van der Waals surface area contributed by atoms with Gasteiger partial charge in [-0.15, -0.1) is 12.4 Å². The summed E-state index contributed by atoms with van der Waals surface area (Å²) in [6.07, 6.45) is -4.52. The maximum atomic E-state index is 13.3. The van der Waals surface area contributed by atoms with E-state index in [9.17, 15) is 21.6 Å². The predicted molar refractivity (Wildman–Crippen MR) is 92.9 cm³/mol. The second-order valence-electron chi connectivity index (χ2n) is 5.61. The lowest BCUT2D eigenvalue weighted by Crippen LogP contribution is -2.57. The summed E-state index contributed by atoms with van der Waals surface area (Å²) >= 11 is 5.79. The highest BCUT2D eigenvalue weighted by Crippen LogP contribution is 2.26. The van der Waals surface area contributed by atoms with Crippen molar-refractivity contribution in [2.75, 3.05) is 32.7 Å². The van der Waals surface area contributed by atoms with Crippen molar-refractivity contribution in [2.45, 2.75) is 24.0 Å². The van der Waals surface area contributed by atoms with Gasteiger partial charge >= 0.3 is 6.18 Å². The maximum absolute atomic E-state index is 13.3. The summed E-state index contributed by atoms with van der Waals surface area (Å²) in [7, 11) is -4.08. The number of hydrogen-bond acceptors (Lipinski definition) is 4. The average Bonchev–Trinajstić information content (AvgIpc) is 2.49. The lowest BCUT2D eigenvalue weighted by molar-refractivity contribution is -0.182. The Hall–Kier alpha value is -0.580. The number of piperazine rings is 1. The number of nitrogens with one attached hydrogen (secondary N) is 2. The smallest absolute Gasteiger partial charge is 0.314 e. The lowest BCUT2D eigenvalue weighted by Gasteiger charge is -2.35. The molecule has 0 radical (unpaired) electrons. The normalized spacial score (nSPS) is 17.8. The molecule has 1 atom stereocenters. The van der Waals surface area contributed by atoms with Crippen molar-refractivity contribution in [1.82, 2.24) is 14.9 Å². The van der Waals surface area contributed by atoms with Crippen LogP contribution in [0.2, 0.25) is 5.02 Å². The number of hydrogen-bond donors (Lipinski definition) is 2. The van der Waals surface area contributed by atoms with Crippen molar-refractivity contribution >= 4 is 34.0 Å². The largest absolute Gasteiger partial charge is 0.405 e. The summed E-state index contributed by atoms with van der Waals surface area (Å²) in [5.41, 5.74) is 0.414. The van der Waals surface area contributed by atoms with Crippen molar-refractivity contribution in [3.8, 4) is 0 Å². The van der Waals surface area contributed by atoms with E-state index in [1.807, 2.05) is 0 Å². The van der Waals surface area contributed by atoms with Crippen molar-refractivity contribution in [2.24, 2.45) is 0 Å². The first-order valence-corrected chi connectivity index (χ1v) is 9.24. The van der Waals surface area contributed by atoms with E-state index in [-0.39, 0.29) is 35.4 Å². The van der Waals surface area contributed by atoms with E-state index in [0.717, 1.165) is 0 Å². The van der Waals surface area contributed by atoms with Gasteiger partial charge in [0.1, 0.15) is 6.04 Å². The van der Waals surface area contributed by atoms with E-state index in [1.54, 1.807) is 6.92 Å². The van der Waals surface area contributed by atoms with Crippen LogP contribution in [0.5, 0.6) is 0 Å². The van der Waals surface area contributed by atoms with Crippen LogP contribution in [0.3, 0.4) is 0 Å². The van der Waals surface area contributed by atoms with Gasteiger partial charge in [-0.2, -0.15) is 13.2 Å². The molecule has 1 saturated heterocycles. The molecule has 2 N–H and O–H groups in total. The molecule has 0 aromatic heterocycles. The first kappa shape index (κ1) is 22.5. The van der Waals surface area contributed by atoms with Gasteiger partial charge in [0.15, 0.2) is 0 Å². The van der Waals surface area contributed by atoms with E-state index < -0.39 is 28.8 Å². The number of benzene rings is 1. The van der Waals surface area contributed by atoms with E-state index >= 15 is 0 Å². The molecule has 1 aromatic carbocycles. The maximum Gasteiger partial charge on any atom is 0.405 e. The quantitative estimate of drug-likeness (QED) is 0.764. The molecule has 1 aliphatic heterocycles. The minimum Gasteiger partial charge on any atom is -0.314 e. The zero-order valence-electron chi connectivity index (χ0n) is 13.4. The summed E-state index contributed by atoms with van der Waals surface area (Å²) in [5, 5.41) is 3.17. The second kappa shape index (κ2) is 8.88. The zero-order valence-corrected chi connectivity index (χ0v) is 15.8. The third-order valence-corrected chi connectivity index (χ3v) is 5.68. The molecule has 5 nitrogen and oxygen atoms in total. The fraction of sp³-hybridized carbons (Fsp3) is 0.571. The molecular weight excluding hydrogens is 402 g/mol. The molecule has 1 aliphatic rings. The SMILES string of the molecule is Cc1ccc(Cl)cc1S(=O)(=O)NCC(N1CCNCC1)C(F)(F)F.Cl. The molecule has 25 heavy (non-hydrogen) atoms. The second-order valence-corrected chi connectivity index (χ2v) is 7.78. The van der Waals surface area contributed by atoms with E-state index in [0.29, 0.717) is 18.7 Å². The highest BCUT2D eigenvalue weighted by molar-refractivity contribution is 7.89. The number of rotatable bonds is 5. The molecule has 0 spiro atoms. The average molecular weight is 422 g/mol. The Labute approximate surface area is 156 Å². The molecule has 1 unspecified atom stereocenters. The van der Waals surface area contributed by atoms with Crippen LogP contribution in [0.25, 0.3) is 0 Å². The minimum atomic E-state index is -4.52. The molecule has 0 bridgehead atoms. The molecule has 1 fully saturated rings. The highest BCUT2D eigenvalue weighted by atomic mass is 35.5. The van der Waals surface area contributed by atoms with Crippen LogP contribution in [0.15, 0.2) is 23.1 Å². The number of aryl methyl sites for hydroxylation is 1. The van der Waals surface area contributed by atoms with Gasteiger partial charge in [-0.3, -0.25) is 4.90 Å². The summed E-state index contributed by atoms with van der Waals surface area (Å²) < 4.78 is 66.7. The fourth-order valence-electron chi connectivity index (χ4n) is 2.58. The predicted octanol–water partition coefficient (Wildman–Crippen LogP) is 2.18. The Balaban J connectivity index is 0.00000312. The van der Waals surface area contributed by atoms with Crippen molar-refractivity contribution in [3.05, 3.63) is 28.8 Å². The topological polar surface area (TPSA) is 61.4 Å². The van der Waals surface area contributed by atoms with Crippen molar-refractivity contribution in [1.29, 1.82) is 0 Å². The molecule has 0 saturated carbocycles. The number of halogens is 5. The standard InChI is InChI=1S/C14H19ClF3N3O2S.ClH/c1-10-2-3-11(15)8-12(10)24(22,23)20-9-13(14(16,17)18)21-6-4-19-5-7-21;/h2-3,8,13,19-20H,4-7,9H2,1H3;1H. The molecule has 1 heterocycles. The Kier molecular flexibility index (Phi) is 7.97. The van der Waals surface area contributed by atoms with Crippen molar-refractivity contribution in [3.63, 3.8) is 0 Å². The van der Waals surface area contributed by atoms with Crippen LogP contribution in [0, 0.1) is 6.92 Å². The third kappa shape index (κ3) is 5.97. The number of sulfonamides is 1. The van der Waals surface area contributed by atoms with Gasteiger partial charge in [-0.25, -0.2) is 13.1 Å². The van der Waals surface area contributed by atoms with Crippen LogP contribution in [-0.4, -0.2) is 58.3 Å². The Morgan fingerprint density at radius 1 is 1.32 bits per heavy atom. The van der Waals surface area contributed by atoms with Crippen LogP contribution in [-0.2, 0) is 10.0 Å². The van der Waals surface area contributed by atoms with E-state index in [4.69, 9.17) is 11.6 Å². The van der Waals surface area contributed by atoms with Crippen LogP contribution < -0.4 is 10.0 Å². The Morgan fingerprint density at radius 2 is 1.92 bits per heavy atom. The third-order valence-electron chi connectivity index (χ3n) is 3.88. The van der Waals surface area contributed by atoms with Gasteiger partial charge in [-0.05, 0) is 24.6 Å². The van der Waals surface area contributed by atoms with Gasteiger partial charge in [-0.1, -0.05) is 17.7 Å². The Morgan fingerprint density at radius 3 is 2.48 bits per heavy atom. The Bertz CT molecular complexity index is 680. The molecule has 2 rings (SSSR count). The van der Waals surface area contributed by atoms with Crippen LogP contribution in [0.1, 0.15) is 5.56 Å². The molecule has 11 heteroatoms. The molecule has 0 aliphatic carbocycles. The zero-order chi connectivity index (χ0) is 18.0. The highest BCUT2D eigenvalue weighted by Gasteiger charge is 2.44. The van der Waals surface area contributed by atoms with Crippen molar-refractivity contribution < 1.29 is 21.6 Å². The summed E-state index contributed by atoms with van der Waals surface area (Å²) in [6, 6.07) is 2.39.